The SMILES string of the molecule is COC(=O)Cc1c(C(=O)OC)cnc2ncnn12. The summed E-state index contributed by atoms with van der Waals surface area (Å²) in [7, 11) is 2.51. The van der Waals surface area contributed by atoms with E-state index in [-0.39, 0.29) is 12.0 Å². The Labute approximate surface area is 102 Å². The van der Waals surface area contributed by atoms with Crippen molar-refractivity contribution in [3.05, 3.63) is 23.8 Å². The van der Waals surface area contributed by atoms with Crippen molar-refractivity contribution in [2.45, 2.75) is 6.42 Å². The van der Waals surface area contributed by atoms with Crippen LogP contribution in [0.2, 0.25) is 0 Å². The molecule has 2 aromatic heterocycles. The van der Waals surface area contributed by atoms with E-state index in [0.29, 0.717) is 11.5 Å². The van der Waals surface area contributed by atoms with Gasteiger partial charge in [0.15, 0.2) is 0 Å². The van der Waals surface area contributed by atoms with Crippen LogP contribution in [0.5, 0.6) is 0 Å². The Balaban J connectivity index is 2.58. The van der Waals surface area contributed by atoms with Crippen LogP contribution in [0.3, 0.4) is 0 Å². The molecule has 0 aliphatic heterocycles. The molecular formula is C10H10N4O4. The molecule has 2 heterocycles. The van der Waals surface area contributed by atoms with Crippen molar-refractivity contribution in [2.24, 2.45) is 0 Å². The molecule has 2 aromatic rings. The summed E-state index contributed by atoms with van der Waals surface area (Å²) in [6, 6.07) is 0. The molecule has 2 rings (SSSR count). The van der Waals surface area contributed by atoms with Gasteiger partial charge in [0.25, 0.3) is 5.78 Å². The molecule has 0 aliphatic rings. The first-order valence-corrected chi connectivity index (χ1v) is 5.00. The monoisotopic (exact) mass is 250 g/mol. The Morgan fingerprint density at radius 2 is 2.06 bits per heavy atom. The zero-order valence-corrected chi connectivity index (χ0v) is 9.78. The summed E-state index contributed by atoms with van der Waals surface area (Å²) in [5.41, 5.74) is 0.483. The minimum Gasteiger partial charge on any atom is -0.469 e. The number of esters is 2. The highest BCUT2D eigenvalue weighted by Gasteiger charge is 2.19. The molecule has 0 saturated carbocycles. The molecule has 0 saturated heterocycles. The van der Waals surface area contributed by atoms with Crippen LogP contribution in [-0.2, 0) is 20.7 Å². The zero-order valence-electron chi connectivity index (χ0n) is 9.78. The maximum Gasteiger partial charge on any atom is 0.341 e. The topological polar surface area (TPSA) is 95.7 Å². The molecule has 8 heteroatoms. The van der Waals surface area contributed by atoms with Crippen LogP contribution in [0.15, 0.2) is 12.5 Å². The van der Waals surface area contributed by atoms with E-state index in [0.717, 1.165) is 0 Å². The van der Waals surface area contributed by atoms with Gasteiger partial charge in [-0.25, -0.2) is 9.78 Å². The highest BCUT2D eigenvalue weighted by Crippen LogP contribution is 2.11. The van der Waals surface area contributed by atoms with Gasteiger partial charge in [-0.2, -0.15) is 14.6 Å². The predicted octanol–water partition coefficient (Wildman–Crippen LogP) is -0.374. The van der Waals surface area contributed by atoms with E-state index in [1.54, 1.807) is 0 Å². The minimum absolute atomic E-state index is 0.122. The molecule has 0 unspecified atom stereocenters. The number of carbonyl (C=O) groups excluding carboxylic acids is 2. The van der Waals surface area contributed by atoms with Crippen LogP contribution in [-0.4, -0.2) is 45.7 Å². The first kappa shape index (κ1) is 12.0. The van der Waals surface area contributed by atoms with Crippen LogP contribution < -0.4 is 0 Å². The van der Waals surface area contributed by atoms with Crippen molar-refractivity contribution in [3.63, 3.8) is 0 Å². The maximum atomic E-state index is 11.6. The summed E-state index contributed by atoms with van der Waals surface area (Å²) in [6.07, 6.45) is 2.46. The van der Waals surface area contributed by atoms with Crippen LogP contribution in [0.1, 0.15) is 16.1 Å². The fraction of sp³-hybridized carbons (Fsp3) is 0.300. The summed E-state index contributed by atoms with van der Waals surface area (Å²) in [5, 5.41) is 3.91. The lowest BCUT2D eigenvalue weighted by atomic mass is 10.2. The molecule has 18 heavy (non-hydrogen) atoms. The lowest BCUT2D eigenvalue weighted by Gasteiger charge is -2.07. The molecule has 0 aliphatic carbocycles. The van der Waals surface area contributed by atoms with Crippen LogP contribution >= 0.6 is 0 Å². The Morgan fingerprint density at radius 3 is 2.72 bits per heavy atom. The van der Waals surface area contributed by atoms with E-state index in [4.69, 9.17) is 0 Å². The standard InChI is InChI=1S/C10H10N4O4/c1-17-8(15)3-7-6(9(16)18-2)4-11-10-12-5-13-14(7)10/h4-5H,3H2,1-2H3. The van der Waals surface area contributed by atoms with Crippen LogP contribution in [0.4, 0.5) is 0 Å². The van der Waals surface area contributed by atoms with Crippen LogP contribution in [0.25, 0.3) is 5.78 Å². The summed E-state index contributed by atoms with van der Waals surface area (Å²) in [5.74, 6) is -0.802. The molecule has 94 valence electrons. The Bertz CT molecular complexity index is 607. The number of hydrogen-bond acceptors (Lipinski definition) is 7. The fourth-order valence-electron chi connectivity index (χ4n) is 1.48. The molecule has 8 nitrogen and oxygen atoms in total. The first-order valence-electron chi connectivity index (χ1n) is 5.00. The van der Waals surface area contributed by atoms with E-state index < -0.39 is 11.9 Å². The summed E-state index contributed by atoms with van der Waals surface area (Å²) < 4.78 is 10.5. The maximum absolute atomic E-state index is 11.6. The van der Waals surface area contributed by atoms with Gasteiger partial charge in [0.2, 0.25) is 0 Å². The van der Waals surface area contributed by atoms with Gasteiger partial charge in [0.1, 0.15) is 11.9 Å². The van der Waals surface area contributed by atoms with Gasteiger partial charge in [-0.3, -0.25) is 4.79 Å². The number of aromatic nitrogens is 4. The number of hydrogen-bond donors (Lipinski definition) is 0. The van der Waals surface area contributed by atoms with Crippen molar-refractivity contribution in [3.8, 4) is 0 Å². The molecule has 0 atom stereocenters. The van der Waals surface area contributed by atoms with Gasteiger partial charge in [-0.05, 0) is 0 Å². The second-order valence-electron chi connectivity index (χ2n) is 3.33. The number of rotatable bonds is 3. The first-order chi connectivity index (χ1) is 8.67. The zero-order chi connectivity index (χ0) is 13.1. The van der Waals surface area contributed by atoms with E-state index in [1.807, 2.05) is 0 Å². The van der Waals surface area contributed by atoms with Gasteiger partial charge in [-0.1, -0.05) is 0 Å². The minimum atomic E-state index is -0.598. The van der Waals surface area contributed by atoms with Gasteiger partial charge >= 0.3 is 11.9 Å². The third kappa shape index (κ3) is 1.99. The number of carbonyl (C=O) groups is 2. The summed E-state index contributed by atoms with van der Waals surface area (Å²) in [4.78, 5) is 30.8. The smallest absolute Gasteiger partial charge is 0.341 e. The number of ether oxygens (including phenoxy) is 2. The number of nitrogens with zero attached hydrogens (tertiary/aromatic N) is 4. The third-order valence-corrected chi connectivity index (χ3v) is 2.35. The quantitative estimate of drug-likeness (QED) is 0.685. The Hall–Kier alpha value is -2.51. The average Bonchev–Trinajstić information content (AvgIpc) is 2.86. The molecule has 0 spiro atoms. The van der Waals surface area contributed by atoms with Crippen molar-refractivity contribution in [1.82, 2.24) is 19.6 Å². The molecule has 0 radical (unpaired) electrons. The van der Waals surface area contributed by atoms with Crippen molar-refractivity contribution < 1.29 is 19.1 Å². The van der Waals surface area contributed by atoms with E-state index in [1.165, 1.54) is 31.3 Å². The molecule has 0 N–H and O–H groups in total. The normalized spacial score (nSPS) is 10.3. The number of fused-ring (bicyclic) bond motifs is 1. The van der Waals surface area contributed by atoms with Gasteiger partial charge in [0.05, 0.1) is 26.3 Å². The molecule has 0 fully saturated rings. The van der Waals surface area contributed by atoms with E-state index in [9.17, 15) is 9.59 Å². The lowest BCUT2D eigenvalue weighted by molar-refractivity contribution is -0.139. The lowest BCUT2D eigenvalue weighted by Crippen LogP contribution is -2.16. The molecule has 0 aromatic carbocycles. The van der Waals surface area contributed by atoms with E-state index >= 15 is 0 Å². The average molecular weight is 250 g/mol. The highest BCUT2D eigenvalue weighted by molar-refractivity contribution is 5.91. The van der Waals surface area contributed by atoms with Gasteiger partial charge in [0, 0.05) is 6.20 Å². The molecule has 0 amide bonds. The van der Waals surface area contributed by atoms with Crippen molar-refractivity contribution in [1.29, 1.82) is 0 Å². The van der Waals surface area contributed by atoms with E-state index in [2.05, 4.69) is 24.5 Å². The van der Waals surface area contributed by atoms with Gasteiger partial charge in [-0.15, -0.1) is 0 Å². The van der Waals surface area contributed by atoms with Crippen molar-refractivity contribution >= 4 is 17.7 Å². The Morgan fingerprint density at radius 1 is 1.28 bits per heavy atom. The summed E-state index contributed by atoms with van der Waals surface area (Å²) >= 11 is 0. The van der Waals surface area contributed by atoms with Crippen LogP contribution in [0, 0.1) is 0 Å². The third-order valence-electron chi connectivity index (χ3n) is 2.35. The summed E-state index contributed by atoms with van der Waals surface area (Å²) in [6.45, 7) is 0. The number of methoxy groups -OCH3 is 2. The highest BCUT2D eigenvalue weighted by atomic mass is 16.5. The predicted molar refractivity (Wildman–Crippen MR) is 57.8 cm³/mol. The largest absolute Gasteiger partial charge is 0.469 e. The fourth-order valence-corrected chi connectivity index (χ4v) is 1.48. The second kappa shape index (κ2) is 4.78. The van der Waals surface area contributed by atoms with Gasteiger partial charge < -0.3 is 9.47 Å². The Kier molecular flexibility index (Phi) is 3.18. The second-order valence-corrected chi connectivity index (χ2v) is 3.33. The van der Waals surface area contributed by atoms with Crippen molar-refractivity contribution in [2.75, 3.05) is 14.2 Å². The molecular weight excluding hydrogens is 240 g/mol. The molecule has 0 bridgehead atoms.